The summed E-state index contributed by atoms with van der Waals surface area (Å²) < 4.78 is 39.3. The lowest BCUT2D eigenvalue weighted by atomic mass is 10.1. The van der Waals surface area contributed by atoms with E-state index in [4.69, 9.17) is 0 Å². The van der Waals surface area contributed by atoms with Crippen LogP contribution in [-0.2, 0) is 27.0 Å². The average molecular weight is 439 g/mol. The molecule has 1 amide bonds. The molecule has 0 saturated heterocycles. The monoisotopic (exact) mass is 438 g/mol. The summed E-state index contributed by atoms with van der Waals surface area (Å²) in [7, 11) is -3.63. The maximum atomic E-state index is 13.6. The molecule has 0 fully saturated rings. The van der Waals surface area contributed by atoms with Crippen LogP contribution in [-0.4, -0.2) is 38.9 Å². The van der Waals surface area contributed by atoms with Crippen molar-refractivity contribution in [1.29, 1.82) is 0 Å². The molecule has 0 spiro atoms. The molecule has 0 aliphatic carbocycles. The predicted octanol–water partition coefficient (Wildman–Crippen LogP) is 3.59. The minimum atomic E-state index is -3.63. The molecule has 8 heteroatoms. The van der Waals surface area contributed by atoms with Gasteiger partial charge in [-0.15, -0.1) is 0 Å². The van der Waals surface area contributed by atoms with Gasteiger partial charge < -0.3 is 5.32 Å². The fraction of sp³-hybridized carbons (Fsp3) is 0.381. The Kier molecular flexibility index (Phi) is 8.52. The first-order chi connectivity index (χ1) is 13.7. The van der Waals surface area contributed by atoms with Crippen molar-refractivity contribution >= 4 is 33.4 Å². The standard InChI is InChI=1S/C21H27FN2O3S2/c1-4-17-9-11-19(12-10-17)24(29(3,26)27)16(2)21(25)23-13-14-28-15-18-7-5-6-8-20(18)22/h5-12,16H,4,13-15H2,1-3H3,(H,23,25)/t16-/m0/s1. The van der Waals surface area contributed by atoms with E-state index in [1.54, 1.807) is 37.3 Å². The summed E-state index contributed by atoms with van der Waals surface area (Å²) >= 11 is 1.50. The summed E-state index contributed by atoms with van der Waals surface area (Å²) in [6, 6.07) is 12.9. The first-order valence-corrected chi connectivity index (χ1v) is 12.4. The van der Waals surface area contributed by atoms with Gasteiger partial charge in [0.1, 0.15) is 11.9 Å². The lowest BCUT2D eigenvalue weighted by molar-refractivity contribution is -0.121. The number of carbonyl (C=O) groups excluding carboxylic acids is 1. The van der Waals surface area contributed by atoms with Crippen LogP contribution in [0.1, 0.15) is 25.0 Å². The molecule has 29 heavy (non-hydrogen) atoms. The van der Waals surface area contributed by atoms with Crippen LogP contribution in [0.25, 0.3) is 0 Å². The quantitative estimate of drug-likeness (QED) is 0.576. The lowest BCUT2D eigenvalue weighted by Crippen LogP contribution is -2.48. The summed E-state index contributed by atoms with van der Waals surface area (Å²) in [4.78, 5) is 12.5. The Morgan fingerprint density at radius 3 is 2.41 bits per heavy atom. The molecule has 0 radical (unpaired) electrons. The van der Waals surface area contributed by atoms with E-state index in [2.05, 4.69) is 5.32 Å². The van der Waals surface area contributed by atoms with Crippen LogP contribution >= 0.6 is 11.8 Å². The molecule has 0 bridgehead atoms. The number of amides is 1. The highest BCUT2D eigenvalue weighted by molar-refractivity contribution is 7.98. The molecule has 2 aromatic carbocycles. The molecular formula is C21H27FN2O3S2. The molecule has 1 N–H and O–H groups in total. The highest BCUT2D eigenvalue weighted by atomic mass is 32.2. The fourth-order valence-corrected chi connectivity index (χ4v) is 4.90. The third-order valence-electron chi connectivity index (χ3n) is 4.45. The summed E-state index contributed by atoms with van der Waals surface area (Å²) in [6.45, 7) is 3.95. The zero-order valence-electron chi connectivity index (χ0n) is 16.9. The van der Waals surface area contributed by atoms with Crippen molar-refractivity contribution in [2.24, 2.45) is 0 Å². The van der Waals surface area contributed by atoms with Gasteiger partial charge in [-0.1, -0.05) is 37.3 Å². The number of hydrogen-bond donors (Lipinski definition) is 1. The van der Waals surface area contributed by atoms with Crippen LogP contribution in [0.3, 0.4) is 0 Å². The highest BCUT2D eigenvalue weighted by Crippen LogP contribution is 2.22. The third kappa shape index (κ3) is 6.75. The van der Waals surface area contributed by atoms with Crippen molar-refractivity contribution in [2.45, 2.75) is 32.1 Å². The maximum absolute atomic E-state index is 13.6. The molecule has 0 aliphatic rings. The van der Waals surface area contributed by atoms with E-state index >= 15 is 0 Å². The number of rotatable bonds is 10. The van der Waals surface area contributed by atoms with Gasteiger partial charge in [0.25, 0.3) is 0 Å². The van der Waals surface area contributed by atoms with E-state index in [1.165, 1.54) is 17.8 Å². The van der Waals surface area contributed by atoms with Crippen molar-refractivity contribution in [2.75, 3.05) is 22.9 Å². The minimum Gasteiger partial charge on any atom is -0.353 e. The minimum absolute atomic E-state index is 0.240. The van der Waals surface area contributed by atoms with E-state index in [-0.39, 0.29) is 11.7 Å². The van der Waals surface area contributed by atoms with Crippen LogP contribution in [0.4, 0.5) is 10.1 Å². The lowest BCUT2D eigenvalue weighted by Gasteiger charge is -2.28. The number of thioether (sulfide) groups is 1. The van der Waals surface area contributed by atoms with Gasteiger partial charge in [-0.2, -0.15) is 11.8 Å². The van der Waals surface area contributed by atoms with Gasteiger partial charge in [0.2, 0.25) is 15.9 Å². The number of nitrogens with zero attached hydrogens (tertiary/aromatic N) is 1. The zero-order valence-corrected chi connectivity index (χ0v) is 18.5. The van der Waals surface area contributed by atoms with Gasteiger partial charge in [0.05, 0.1) is 11.9 Å². The van der Waals surface area contributed by atoms with Crippen LogP contribution in [0.5, 0.6) is 0 Å². The number of nitrogens with one attached hydrogen (secondary N) is 1. The van der Waals surface area contributed by atoms with Gasteiger partial charge in [-0.3, -0.25) is 9.10 Å². The number of aryl methyl sites for hydroxylation is 1. The Bertz CT molecular complexity index is 918. The Labute approximate surface area is 176 Å². The molecule has 158 valence electrons. The zero-order chi connectivity index (χ0) is 21.4. The number of sulfonamides is 1. The fourth-order valence-electron chi connectivity index (χ4n) is 2.88. The normalized spacial score (nSPS) is 12.4. The number of anilines is 1. The molecule has 2 aromatic rings. The maximum Gasteiger partial charge on any atom is 0.243 e. The van der Waals surface area contributed by atoms with Crippen molar-refractivity contribution in [3.8, 4) is 0 Å². The first kappa shape index (κ1) is 23.2. The first-order valence-electron chi connectivity index (χ1n) is 9.41. The topological polar surface area (TPSA) is 66.5 Å². The molecule has 5 nitrogen and oxygen atoms in total. The van der Waals surface area contributed by atoms with E-state index in [1.807, 2.05) is 19.1 Å². The largest absolute Gasteiger partial charge is 0.353 e. The number of benzene rings is 2. The van der Waals surface area contributed by atoms with Crippen LogP contribution in [0.2, 0.25) is 0 Å². The van der Waals surface area contributed by atoms with E-state index in [0.717, 1.165) is 22.5 Å². The highest BCUT2D eigenvalue weighted by Gasteiger charge is 2.28. The smallest absolute Gasteiger partial charge is 0.243 e. The van der Waals surface area contributed by atoms with Gasteiger partial charge in [-0.05, 0) is 42.7 Å². The predicted molar refractivity (Wildman–Crippen MR) is 118 cm³/mol. The van der Waals surface area contributed by atoms with Gasteiger partial charge in [0, 0.05) is 18.1 Å². The van der Waals surface area contributed by atoms with E-state index in [9.17, 15) is 17.6 Å². The second-order valence-corrected chi connectivity index (χ2v) is 9.65. The Morgan fingerprint density at radius 1 is 1.17 bits per heavy atom. The van der Waals surface area contributed by atoms with Crippen LogP contribution < -0.4 is 9.62 Å². The Morgan fingerprint density at radius 2 is 1.83 bits per heavy atom. The summed E-state index contributed by atoms with van der Waals surface area (Å²) in [5.41, 5.74) is 2.17. The molecule has 0 heterocycles. The number of carbonyl (C=O) groups is 1. The van der Waals surface area contributed by atoms with Gasteiger partial charge >= 0.3 is 0 Å². The van der Waals surface area contributed by atoms with E-state index < -0.39 is 16.1 Å². The molecule has 2 rings (SSSR count). The van der Waals surface area contributed by atoms with Crippen LogP contribution in [0, 0.1) is 5.82 Å². The Balaban J connectivity index is 1.92. The summed E-state index contributed by atoms with van der Waals surface area (Å²) in [5, 5.41) is 2.77. The molecule has 0 unspecified atom stereocenters. The number of halogens is 1. The average Bonchev–Trinajstić information content (AvgIpc) is 2.68. The number of hydrogen-bond acceptors (Lipinski definition) is 4. The molecule has 0 aromatic heterocycles. The molecule has 0 aliphatic heterocycles. The van der Waals surface area contributed by atoms with Crippen molar-refractivity contribution in [3.63, 3.8) is 0 Å². The molecule has 0 saturated carbocycles. The van der Waals surface area contributed by atoms with Crippen LogP contribution in [0.15, 0.2) is 48.5 Å². The SMILES string of the molecule is CCc1ccc(N([C@@H](C)C(=O)NCCSCc2ccccc2F)S(C)(=O)=O)cc1. The van der Waals surface area contributed by atoms with Crippen molar-refractivity contribution < 1.29 is 17.6 Å². The van der Waals surface area contributed by atoms with Crippen molar-refractivity contribution in [3.05, 3.63) is 65.5 Å². The molecule has 1 atom stereocenters. The van der Waals surface area contributed by atoms with Gasteiger partial charge in [-0.25, -0.2) is 12.8 Å². The molecular weight excluding hydrogens is 411 g/mol. The summed E-state index contributed by atoms with van der Waals surface area (Å²) in [5.74, 6) is 0.491. The summed E-state index contributed by atoms with van der Waals surface area (Å²) in [6.07, 6.45) is 1.94. The van der Waals surface area contributed by atoms with Crippen molar-refractivity contribution in [1.82, 2.24) is 5.32 Å². The Hall–Kier alpha value is -2.06. The third-order valence-corrected chi connectivity index (χ3v) is 6.70. The second-order valence-electron chi connectivity index (χ2n) is 6.69. The van der Waals surface area contributed by atoms with E-state index in [0.29, 0.717) is 29.3 Å². The van der Waals surface area contributed by atoms with Gasteiger partial charge in [0.15, 0.2) is 0 Å². The second kappa shape index (κ2) is 10.6.